The maximum absolute atomic E-state index is 6.25. The van der Waals surface area contributed by atoms with E-state index in [-0.39, 0.29) is 0 Å². The van der Waals surface area contributed by atoms with E-state index in [1.54, 1.807) is 6.07 Å². The number of hydrazine groups is 1. The molecule has 5 heteroatoms. The Labute approximate surface area is 122 Å². The van der Waals surface area contributed by atoms with Crippen LogP contribution in [0.15, 0.2) is 18.2 Å². The lowest BCUT2D eigenvalue weighted by atomic mass is 10.0. The summed E-state index contributed by atoms with van der Waals surface area (Å²) in [5, 5.41) is 2.02. The minimum atomic E-state index is 0.517. The van der Waals surface area contributed by atoms with Crippen molar-refractivity contribution in [3.8, 4) is 0 Å². The molecule has 1 aliphatic carbocycles. The first kappa shape index (κ1) is 13.0. The quantitative estimate of drug-likeness (QED) is 0.634. The highest BCUT2D eigenvalue weighted by atomic mass is 35.5. The van der Waals surface area contributed by atoms with Crippen LogP contribution in [0.2, 0.25) is 10.0 Å². The molecule has 3 rings (SSSR count). The Bertz CT molecular complexity index is 622. The highest BCUT2D eigenvalue weighted by Crippen LogP contribution is 2.38. The molecule has 0 saturated heterocycles. The first-order valence-electron chi connectivity index (χ1n) is 6.45. The molecule has 0 aliphatic heterocycles. The molecule has 3 N–H and O–H groups in total. The van der Waals surface area contributed by atoms with E-state index in [9.17, 15) is 0 Å². The Morgan fingerprint density at radius 1 is 1.16 bits per heavy atom. The third kappa shape index (κ3) is 2.38. The molecule has 0 bridgehead atoms. The average Bonchev–Trinajstić information content (AvgIpc) is 2.91. The maximum Gasteiger partial charge on any atom is 0.0913 e. The number of anilines is 1. The summed E-state index contributed by atoms with van der Waals surface area (Å²) in [5.41, 5.74) is 5.40. The van der Waals surface area contributed by atoms with Gasteiger partial charge in [0.1, 0.15) is 0 Å². The van der Waals surface area contributed by atoms with Gasteiger partial charge in [0.15, 0.2) is 0 Å². The van der Waals surface area contributed by atoms with E-state index in [4.69, 9.17) is 34.0 Å². The number of halogens is 2. The fourth-order valence-corrected chi connectivity index (χ4v) is 3.36. The molecule has 1 heterocycles. The summed E-state index contributed by atoms with van der Waals surface area (Å²) in [7, 11) is 0. The van der Waals surface area contributed by atoms with Crippen molar-refractivity contribution in [1.29, 1.82) is 0 Å². The summed E-state index contributed by atoms with van der Waals surface area (Å²) in [5.74, 6) is 6.14. The number of fused-ring (bicyclic) bond motifs is 1. The fourth-order valence-electron chi connectivity index (χ4n) is 2.82. The van der Waals surface area contributed by atoms with Gasteiger partial charge < -0.3 is 5.43 Å². The van der Waals surface area contributed by atoms with Crippen LogP contribution in [-0.2, 0) is 0 Å². The zero-order chi connectivity index (χ0) is 13.4. The van der Waals surface area contributed by atoms with Gasteiger partial charge in [-0.25, -0.2) is 0 Å². The van der Waals surface area contributed by atoms with Gasteiger partial charge in [-0.2, -0.15) is 0 Å². The molecule has 100 valence electrons. The number of rotatable bonds is 2. The van der Waals surface area contributed by atoms with Crippen molar-refractivity contribution >= 4 is 39.8 Å². The number of nitrogens with one attached hydrogen (secondary N) is 1. The van der Waals surface area contributed by atoms with Gasteiger partial charge in [-0.15, -0.1) is 0 Å². The number of aromatic nitrogens is 1. The Hall–Kier alpha value is -1.03. The summed E-state index contributed by atoms with van der Waals surface area (Å²) in [6, 6.07) is 5.57. The SMILES string of the molecule is NNc1cc(C2CCCC2)nc2c(Cl)cc(Cl)cc12. The van der Waals surface area contributed by atoms with Gasteiger partial charge in [-0.05, 0) is 31.0 Å². The molecule has 1 saturated carbocycles. The fraction of sp³-hybridized carbons (Fsp3) is 0.357. The van der Waals surface area contributed by atoms with Crippen LogP contribution in [0.25, 0.3) is 10.9 Å². The Morgan fingerprint density at radius 2 is 1.89 bits per heavy atom. The lowest BCUT2D eigenvalue weighted by Crippen LogP contribution is -2.09. The Balaban J connectivity index is 2.21. The Morgan fingerprint density at radius 3 is 2.58 bits per heavy atom. The molecule has 19 heavy (non-hydrogen) atoms. The van der Waals surface area contributed by atoms with E-state index in [1.165, 1.54) is 25.7 Å². The molecule has 1 fully saturated rings. The van der Waals surface area contributed by atoms with E-state index in [0.29, 0.717) is 16.0 Å². The van der Waals surface area contributed by atoms with Crippen molar-refractivity contribution < 1.29 is 0 Å². The molecule has 3 nitrogen and oxygen atoms in total. The van der Waals surface area contributed by atoms with E-state index in [0.717, 1.165) is 22.3 Å². The molecule has 0 radical (unpaired) electrons. The van der Waals surface area contributed by atoms with Gasteiger partial charge in [0.25, 0.3) is 0 Å². The molecule has 1 aromatic heterocycles. The number of nitrogen functional groups attached to an aromatic ring is 1. The van der Waals surface area contributed by atoms with Gasteiger partial charge >= 0.3 is 0 Å². The van der Waals surface area contributed by atoms with Gasteiger partial charge in [0.2, 0.25) is 0 Å². The summed E-state index contributed by atoms with van der Waals surface area (Å²) in [4.78, 5) is 4.72. The van der Waals surface area contributed by atoms with Crippen molar-refractivity contribution in [1.82, 2.24) is 4.98 Å². The van der Waals surface area contributed by atoms with Gasteiger partial charge in [-0.3, -0.25) is 10.8 Å². The lowest BCUT2D eigenvalue weighted by molar-refractivity contribution is 0.701. The van der Waals surface area contributed by atoms with Crippen molar-refractivity contribution in [2.75, 3.05) is 5.43 Å². The van der Waals surface area contributed by atoms with Crippen LogP contribution in [-0.4, -0.2) is 4.98 Å². The zero-order valence-electron chi connectivity index (χ0n) is 10.4. The topological polar surface area (TPSA) is 50.9 Å². The highest BCUT2D eigenvalue weighted by Gasteiger charge is 2.20. The number of benzene rings is 1. The second-order valence-electron chi connectivity index (χ2n) is 5.00. The number of hydrogen-bond donors (Lipinski definition) is 2. The van der Waals surface area contributed by atoms with Crippen molar-refractivity contribution in [3.63, 3.8) is 0 Å². The highest BCUT2D eigenvalue weighted by molar-refractivity contribution is 6.38. The zero-order valence-corrected chi connectivity index (χ0v) is 11.9. The second-order valence-corrected chi connectivity index (χ2v) is 5.85. The minimum Gasteiger partial charge on any atom is -0.323 e. The summed E-state index contributed by atoms with van der Waals surface area (Å²) < 4.78 is 0. The Kier molecular flexibility index (Phi) is 3.52. The number of pyridine rings is 1. The van der Waals surface area contributed by atoms with Crippen LogP contribution in [0.1, 0.15) is 37.3 Å². The monoisotopic (exact) mass is 295 g/mol. The second kappa shape index (κ2) is 5.16. The molecule has 0 spiro atoms. The first-order chi connectivity index (χ1) is 9.19. The molecule has 2 aromatic rings. The van der Waals surface area contributed by atoms with Crippen LogP contribution in [0.4, 0.5) is 5.69 Å². The van der Waals surface area contributed by atoms with Gasteiger partial charge in [-0.1, -0.05) is 36.0 Å². The van der Waals surface area contributed by atoms with Crippen LogP contribution < -0.4 is 11.3 Å². The molecular weight excluding hydrogens is 281 g/mol. The summed E-state index contributed by atoms with van der Waals surface area (Å²) in [6.07, 6.45) is 4.91. The molecule has 0 amide bonds. The van der Waals surface area contributed by atoms with Crippen molar-refractivity contribution in [3.05, 3.63) is 33.9 Å². The van der Waals surface area contributed by atoms with E-state index >= 15 is 0 Å². The van der Waals surface area contributed by atoms with E-state index < -0.39 is 0 Å². The molecule has 1 aliphatic rings. The normalized spacial score (nSPS) is 16.2. The lowest BCUT2D eigenvalue weighted by Gasteiger charge is -2.14. The average molecular weight is 296 g/mol. The smallest absolute Gasteiger partial charge is 0.0913 e. The molecule has 1 aromatic carbocycles. The third-order valence-electron chi connectivity index (χ3n) is 3.78. The maximum atomic E-state index is 6.25. The third-order valence-corrected chi connectivity index (χ3v) is 4.29. The summed E-state index contributed by atoms with van der Waals surface area (Å²) in [6.45, 7) is 0. The first-order valence-corrected chi connectivity index (χ1v) is 7.21. The van der Waals surface area contributed by atoms with Gasteiger partial charge in [0, 0.05) is 22.0 Å². The van der Waals surface area contributed by atoms with E-state index in [1.807, 2.05) is 12.1 Å². The standard InChI is InChI=1S/C14H15Cl2N3/c15-9-5-10-13(19-17)7-12(8-3-1-2-4-8)18-14(10)11(16)6-9/h5-8H,1-4,17H2,(H,18,19). The van der Waals surface area contributed by atoms with Crippen LogP contribution in [0, 0.1) is 0 Å². The largest absolute Gasteiger partial charge is 0.323 e. The van der Waals surface area contributed by atoms with Gasteiger partial charge in [0.05, 0.1) is 16.2 Å². The van der Waals surface area contributed by atoms with Crippen LogP contribution in [0.5, 0.6) is 0 Å². The molecule has 0 atom stereocenters. The van der Waals surface area contributed by atoms with Crippen molar-refractivity contribution in [2.45, 2.75) is 31.6 Å². The number of nitrogens with zero attached hydrogens (tertiary/aromatic N) is 1. The minimum absolute atomic E-state index is 0.517. The van der Waals surface area contributed by atoms with Crippen LogP contribution in [0.3, 0.4) is 0 Å². The number of hydrogen-bond acceptors (Lipinski definition) is 3. The van der Waals surface area contributed by atoms with Crippen molar-refractivity contribution in [2.24, 2.45) is 5.84 Å². The predicted octanol–water partition coefficient (Wildman–Crippen LogP) is 4.48. The van der Waals surface area contributed by atoms with E-state index in [2.05, 4.69) is 5.43 Å². The predicted molar refractivity (Wildman–Crippen MR) is 80.8 cm³/mol. The summed E-state index contributed by atoms with van der Waals surface area (Å²) >= 11 is 12.3. The molecular formula is C14H15Cl2N3. The number of nitrogens with two attached hydrogens (primary N) is 1. The van der Waals surface area contributed by atoms with Crippen LogP contribution >= 0.6 is 23.2 Å². The molecule has 0 unspecified atom stereocenters.